The van der Waals surface area contributed by atoms with E-state index in [0.717, 1.165) is 43.4 Å². The lowest BCUT2D eigenvalue weighted by Crippen LogP contribution is -2.35. The summed E-state index contributed by atoms with van der Waals surface area (Å²) in [6, 6.07) is 9.35. The van der Waals surface area contributed by atoms with E-state index < -0.39 is 0 Å². The Bertz CT molecular complexity index is 427. The number of hydrogen-bond acceptors (Lipinski definition) is 3. The van der Waals surface area contributed by atoms with Crippen LogP contribution in [0.25, 0.3) is 0 Å². The van der Waals surface area contributed by atoms with E-state index in [2.05, 4.69) is 57.3 Å². The molecule has 0 amide bonds. The number of likely N-dealkylation sites (tertiary alicyclic amines) is 1. The van der Waals surface area contributed by atoms with Crippen LogP contribution in [-0.2, 0) is 0 Å². The van der Waals surface area contributed by atoms with E-state index in [1.54, 1.807) is 0 Å². The van der Waals surface area contributed by atoms with Crippen molar-refractivity contribution in [1.82, 2.24) is 10.2 Å². The lowest BCUT2D eigenvalue weighted by atomic mass is 10.0. The monoisotopic (exact) mass is 354 g/mol. The summed E-state index contributed by atoms with van der Waals surface area (Å²) in [5.74, 6) is 0. The van der Waals surface area contributed by atoms with E-state index in [4.69, 9.17) is 0 Å². The van der Waals surface area contributed by atoms with Crippen molar-refractivity contribution >= 4 is 15.9 Å². The molecular formula is C17H27BrN2O. The third kappa shape index (κ3) is 5.06. The first-order valence-electron chi connectivity index (χ1n) is 8.08. The molecule has 1 aromatic rings. The number of nitrogens with one attached hydrogen (secondary N) is 1. The van der Waals surface area contributed by atoms with E-state index in [9.17, 15) is 5.11 Å². The van der Waals surface area contributed by atoms with Crippen LogP contribution in [0, 0.1) is 0 Å². The topological polar surface area (TPSA) is 35.5 Å². The first kappa shape index (κ1) is 16.9. The highest BCUT2D eigenvalue weighted by molar-refractivity contribution is 9.10. The Labute approximate surface area is 136 Å². The summed E-state index contributed by atoms with van der Waals surface area (Å²) >= 11 is 3.57. The van der Waals surface area contributed by atoms with E-state index in [1.807, 2.05) is 0 Å². The second kappa shape index (κ2) is 8.89. The Hall–Kier alpha value is -0.420. The molecule has 2 atom stereocenters. The Morgan fingerprint density at radius 1 is 1.48 bits per heavy atom. The molecule has 0 radical (unpaired) electrons. The molecule has 1 fully saturated rings. The van der Waals surface area contributed by atoms with Gasteiger partial charge in [-0.15, -0.1) is 0 Å². The summed E-state index contributed by atoms with van der Waals surface area (Å²) in [7, 11) is 0. The van der Waals surface area contributed by atoms with Gasteiger partial charge in [0, 0.05) is 23.1 Å². The molecule has 1 aliphatic rings. The van der Waals surface area contributed by atoms with Crippen LogP contribution in [-0.4, -0.2) is 42.3 Å². The lowest BCUT2D eigenvalue weighted by molar-refractivity contribution is 0.154. The van der Waals surface area contributed by atoms with Gasteiger partial charge in [0.25, 0.3) is 0 Å². The van der Waals surface area contributed by atoms with E-state index in [-0.39, 0.29) is 0 Å². The van der Waals surface area contributed by atoms with Gasteiger partial charge < -0.3 is 10.4 Å². The Morgan fingerprint density at radius 2 is 2.33 bits per heavy atom. The van der Waals surface area contributed by atoms with Gasteiger partial charge in [-0.1, -0.05) is 35.0 Å². The number of aliphatic hydroxyl groups is 1. The van der Waals surface area contributed by atoms with Crippen molar-refractivity contribution in [1.29, 1.82) is 0 Å². The van der Waals surface area contributed by atoms with Crippen LogP contribution in [0.4, 0.5) is 0 Å². The van der Waals surface area contributed by atoms with Crippen molar-refractivity contribution in [2.75, 3.05) is 26.2 Å². The molecule has 1 aromatic carbocycles. The number of nitrogens with zero attached hydrogens (tertiary/aromatic N) is 1. The molecule has 2 N–H and O–H groups in total. The number of rotatable bonds is 8. The van der Waals surface area contributed by atoms with Crippen molar-refractivity contribution in [3.63, 3.8) is 0 Å². The molecule has 3 nitrogen and oxygen atoms in total. The summed E-state index contributed by atoms with van der Waals surface area (Å²) in [4.78, 5) is 2.44. The first-order chi connectivity index (χ1) is 10.2. The maximum atomic E-state index is 9.43. The Morgan fingerprint density at radius 3 is 3.05 bits per heavy atom. The quantitative estimate of drug-likeness (QED) is 0.751. The molecule has 1 heterocycles. The van der Waals surface area contributed by atoms with Crippen molar-refractivity contribution in [2.45, 2.75) is 44.7 Å². The average Bonchev–Trinajstić information content (AvgIpc) is 2.95. The van der Waals surface area contributed by atoms with Gasteiger partial charge in [-0.3, -0.25) is 4.90 Å². The zero-order chi connectivity index (χ0) is 15.1. The van der Waals surface area contributed by atoms with Gasteiger partial charge in [-0.25, -0.2) is 0 Å². The molecule has 2 unspecified atom stereocenters. The molecule has 0 spiro atoms. The van der Waals surface area contributed by atoms with Gasteiger partial charge in [-0.05, 0) is 56.5 Å². The number of aliphatic hydroxyl groups excluding tert-OH is 1. The molecule has 1 aliphatic heterocycles. The molecular weight excluding hydrogens is 328 g/mol. The molecule has 0 bridgehead atoms. The maximum Gasteiger partial charge on any atom is 0.0586 e. The Balaban J connectivity index is 1.96. The Kier molecular flexibility index (Phi) is 7.17. The molecule has 1 saturated heterocycles. The highest BCUT2D eigenvalue weighted by Gasteiger charge is 2.24. The van der Waals surface area contributed by atoms with Crippen LogP contribution in [0.2, 0.25) is 0 Å². The minimum atomic E-state index is 0.296. The summed E-state index contributed by atoms with van der Waals surface area (Å²) in [6.45, 7) is 5.72. The van der Waals surface area contributed by atoms with Crippen LogP contribution in [0.1, 0.15) is 44.2 Å². The predicted octanol–water partition coefficient (Wildman–Crippen LogP) is 3.34. The van der Waals surface area contributed by atoms with Gasteiger partial charge in [0.2, 0.25) is 0 Å². The fraction of sp³-hybridized carbons (Fsp3) is 0.647. The number of hydrogen-bond donors (Lipinski definition) is 2. The highest BCUT2D eigenvalue weighted by Crippen LogP contribution is 2.23. The summed E-state index contributed by atoms with van der Waals surface area (Å²) < 4.78 is 1.14. The van der Waals surface area contributed by atoms with Crippen LogP contribution in [0.15, 0.2) is 28.7 Å². The van der Waals surface area contributed by atoms with Gasteiger partial charge in [0.15, 0.2) is 0 Å². The van der Waals surface area contributed by atoms with Gasteiger partial charge in [0.05, 0.1) is 6.61 Å². The molecule has 21 heavy (non-hydrogen) atoms. The second-order valence-corrected chi connectivity index (χ2v) is 6.78. The molecule has 0 aromatic heterocycles. The summed E-state index contributed by atoms with van der Waals surface area (Å²) in [5, 5.41) is 13.1. The van der Waals surface area contributed by atoms with E-state index >= 15 is 0 Å². The smallest absolute Gasteiger partial charge is 0.0586 e. The number of benzene rings is 1. The molecule has 0 aliphatic carbocycles. The lowest BCUT2D eigenvalue weighted by Gasteiger charge is -2.26. The average molecular weight is 355 g/mol. The third-order valence-corrected chi connectivity index (χ3v) is 4.80. The van der Waals surface area contributed by atoms with Crippen molar-refractivity contribution < 1.29 is 5.11 Å². The van der Waals surface area contributed by atoms with Gasteiger partial charge >= 0.3 is 0 Å². The first-order valence-corrected chi connectivity index (χ1v) is 8.87. The molecule has 118 valence electrons. The minimum absolute atomic E-state index is 0.296. The summed E-state index contributed by atoms with van der Waals surface area (Å²) in [5.41, 5.74) is 1.34. The predicted molar refractivity (Wildman–Crippen MR) is 91.5 cm³/mol. The van der Waals surface area contributed by atoms with Gasteiger partial charge in [0.1, 0.15) is 0 Å². The zero-order valence-electron chi connectivity index (χ0n) is 12.9. The van der Waals surface area contributed by atoms with Crippen molar-refractivity contribution in [3.8, 4) is 0 Å². The van der Waals surface area contributed by atoms with Gasteiger partial charge in [-0.2, -0.15) is 0 Å². The molecule has 2 rings (SSSR count). The fourth-order valence-corrected chi connectivity index (χ4v) is 3.54. The number of halogens is 1. The standard InChI is InChI=1S/C17H27BrN2O/c1-2-9-19-17(14-5-3-6-15(18)12-14)8-11-20-10-4-7-16(20)13-21/h3,5-6,12,16-17,19,21H,2,4,7-11,13H2,1H3. The SMILES string of the molecule is CCCNC(CCN1CCCC1CO)c1cccc(Br)c1. The fourth-order valence-electron chi connectivity index (χ4n) is 3.12. The van der Waals surface area contributed by atoms with Crippen LogP contribution in [0.3, 0.4) is 0 Å². The second-order valence-electron chi connectivity index (χ2n) is 5.86. The molecule has 4 heteroatoms. The van der Waals surface area contributed by atoms with Crippen molar-refractivity contribution in [2.24, 2.45) is 0 Å². The minimum Gasteiger partial charge on any atom is -0.395 e. The van der Waals surface area contributed by atoms with Crippen LogP contribution < -0.4 is 5.32 Å². The summed E-state index contributed by atoms with van der Waals surface area (Å²) in [6.07, 6.45) is 4.59. The van der Waals surface area contributed by atoms with Crippen LogP contribution in [0.5, 0.6) is 0 Å². The normalized spacial score (nSPS) is 20.8. The third-order valence-electron chi connectivity index (χ3n) is 4.31. The van der Waals surface area contributed by atoms with Crippen molar-refractivity contribution in [3.05, 3.63) is 34.3 Å². The van der Waals surface area contributed by atoms with E-state index in [0.29, 0.717) is 18.7 Å². The zero-order valence-corrected chi connectivity index (χ0v) is 14.5. The highest BCUT2D eigenvalue weighted by atomic mass is 79.9. The molecule has 0 saturated carbocycles. The maximum absolute atomic E-state index is 9.43. The largest absolute Gasteiger partial charge is 0.395 e. The van der Waals surface area contributed by atoms with Crippen LogP contribution >= 0.6 is 15.9 Å². The van der Waals surface area contributed by atoms with E-state index in [1.165, 1.54) is 12.0 Å².